The van der Waals surface area contributed by atoms with Gasteiger partial charge in [0.05, 0.1) is 29.6 Å². The number of nitrogens with one attached hydrogen (secondary N) is 2. The Morgan fingerprint density at radius 2 is 1.98 bits per heavy atom. The number of aromatic amines is 1. The molecule has 1 amide bonds. The van der Waals surface area contributed by atoms with Crippen molar-refractivity contribution >= 4 is 33.1 Å². The summed E-state index contributed by atoms with van der Waals surface area (Å²) in [4.78, 5) is 36.3. The molecule has 7 rings (SSSR count). The van der Waals surface area contributed by atoms with Gasteiger partial charge in [0.15, 0.2) is 0 Å². The lowest BCUT2D eigenvalue weighted by molar-refractivity contribution is -0.128. The van der Waals surface area contributed by atoms with Gasteiger partial charge in [0.25, 0.3) is 5.91 Å². The molecule has 4 N–H and O–H groups in total. The normalized spacial score (nSPS) is 17.4. The van der Waals surface area contributed by atoms with Crippen molar-refractivity contribution in [1.29, 1.82) is 0 Å². The molecule has 2 aliphatic rings. The summed E-state index contributed by atoms with van der Waals surface area (Å²) in [5, 5.41) is 24.0. The van der Waals surface area contributed by atoms with Crippen LogP contribution in [0.3, 0.4) is 0 Å². The van der Waals surface area contributed by atoms with Crippen LogP contribution in [0.5, 0.6) is 5.75 Å². The SMILES string of the molecule is Cc1cccc2nc(C(=O)N3CCOC4(CCN(Cc5cc(F)cc(CCNC[C@H](O)c6ccc(O)c7[nH]c(=O)sc67)c5)CC4)C3)cn12. The van der Waals surface area contributed by atoms with Gasteiger partial charge in [-0.15, -0.1) is 0 Å². The number of fused-ring (bicyclic) bond motifs is 2. The maximum Gasteiger partial charge on any atom is 0.305 e. The Bertz CT molecular complexity index is 2020. The predicted molar refractivity (Wildman–Crippen MR) is 181 cm³/mol. The molecule has 2 fully saturated rings. The van der Waals surface area contributed by atoms with E-state index in [1.165, 1.54) is 6.07 Å². The molecule has 0 bridgehead atoms. The fourth-order valence-corrected chi connectivity index (χ4v) is 7.87. The molecule has 1 spiro atoms. The van der Waals surface area contributed by atoms with Gasteiger partial charge in [0.2, 0.25) is 0 Å². The Balaban J connectivity index is 0.909. The number of hydrogen-bond donors (Lipinski definition) is 4. The molecule has 0 saturated carbocycles. The van der Waals surface area contributed by atoms with Gasteiger partial charge >= 0.3 is 4.87 Å². The van der Waals surface area contributed by atoms with Crippen molar-refractivity contribution in [1.82, 2.24) is 29.5 Å². The lowest BCUT2D eigenvalue weighted by Gasteiger charge is -2.47. The van der Waals surface area contributed by atoms with Crippen molar-refractivity contribution in [3.63, 3.8) is 0 Å². The van der Waals surface area contributed by atoms with Crippen LogP contribution in [0, 0.1) is 12.7 Å². The minimum atomic E-state index is -0.876. The van der Waals surface area contributed by atoms with E-state index in [0.717, 1.165) is 59.7 Å². The Morgan fingerprint density at radius 3 is 2.79 bits per heavy atom. The number of aryl methyl sites for hydroxylation is 1. The number of nitrogens with zero attached hydrogens (tertiary/aromatic N) is 4. The standard InChI is InChI=1S/C35H39FN6O5S/c1-22-3-2-4-30-38-27(20-42(22)30)33(45)41-13-14-47-35(21-41)8-11-40(12-9-35)19-24-15-23(16-25(36)17-24)7-10-37-18-29(44)26-5-6-28(43)31-32(26)48-34(46)39-31/h2-6,15-17,20,29,37,43-44H,7-14,18-19,21H2,1H3,(H,39,46)/t29-/m0/s1. The summed E-state index contributed by atoms with van der Waals surface area (Å²) in [6.07, 6.45) is 3.07. The zero-order valence-corrected chi connectivity index (χ0v) is 27.6. The summed E-state index contributed by atoms with van der Waals surface area (Å²) < 4.78 is 23.4. The average molecular weight is 675 g/mol. The second-order valence-electron chi connectivity index (χ2n) is 12.9. The number of ether oxygens (including phenoxy) is 1. The van der Waals surface area contributed by atoms with Crippen molar-refractivity contribution in [3.05, 3.63) is 98.3 Å². The fourth-order valence-electron chi connectivity index (χ4n) is 6.95. The first-order valence-corrected chi connectivity index (χ1v) is 17.1. The van der Waals surface area contributed by atoms with Crippen molar-refractivity contribution in [3.8, 4) is 5.75 Å². The number of piperidine rings is 1. The Morgan fingerprint density at radius 1 is 1.17 bits per heavy atom. The number of halogens is 1. The number of H-pyrrole nitrogens is 1. The summed E-state index contributed by atoms with van der Waals surface area (Å²) in [5.74, 6) is -0.387. The van der Waals surface area contributed by atoms with Gasteiger partial charge in [-0.3, -0.25) is 14.5 Å². The summed E-state index contributed by atoms with van der Waals surface area (Å²) in [7, 11) is 0. The second-order valence-corrected chi connectivity index (χ2v) is 13.9. The quantitative estimate of drug-likeness (QED) is 0.174. The summed E-state index contributed by atoms with van der Waals surface area (Å²) in [6, 6.07) is 14.1. The van der Waals surface area contributed by atoms with Crippen molar-refractivity contribution in [2.45, 2.75) is 44.4 Å². The van der Waals surface area contributed by atoms with Crippen molar-refractivity contribution in [2.24, 2.45) is 0 Å². The third-order valence-electron chi connectivity index (χ3n) is 9.52. The zero-order chi connectivity index (χ0) is 33.4. The lowest BCUT2D eigenvalue weighted by Crippen LogP contribution is -2.58. The number of carbonyl (C=O) groups excluding carboxylic acids is 1. The average Bonchev–Trinajstić information content (AvgIpc) is 3.69. The Hall–Kier alpha value is -4.14. The van der Waals surface area contributed by atoms with E-state index in [9.17, 15) is 24.2 Å². The van der Waals surface area contributed by atoms with Gasteiger partial charge in [-0.1, -0.05) is 29.5 Å². The third kappa shape index (κ3) is 6.74. The van der Waals surface area contributed by atoms with Crippen LogP contribution in [0.25, 0.3) is 15.9 Å². The highest BCUT2D eigenvalue weighted by Crippen LogP contribution is 2.33. The molecule has 2 aromatic carbocycles. The topological polar surface area (TPSA) is 135 Å². The highest BCUT2D eigenvalue weighted by atomic mass is 32.1. The highest BCUT2D eigenvalue weighted by Gasteiger charge is 2.41. The van der Waals surface area contributed by atoms with Gasteiger partial charge in [-0.05, 0) is 74.2 Å². The van der Waals surface area contributed by atoms with Gasteiger partial charge in [0, 0.05) is 50.2 Å². The number of aromatic nitrogens is 3. The number of amides is 1. The molecule has 0 radical (unpaired) electrons. The van der Waals surface area contributed by atoms with E-state index in [2.05, 4.69) is 20.2 Å². The Labute approximate surface area is 280 Å². The second kappa shape index (κ2) is 13.4. The minimum Gasteiger partial charge on any atom is -0.506 e. The van der Waals surface area contributed by atoms with Crippen LogP contribution in [0.15, 0.2) is 59.5 Å². The zero-order valence-electron chi connectivity index (χ0n) is 26.7. The molecule has 252 valence electrons. The number of phenols is 1. The molecule has 0 aliphatic carbocycles. The molecule has 48 heavy (non-hydrogen) atoms. The molecule has 5 aromatic rings. The summed E-state index contributed by atoms with van der Waals surface area (Å²) in [6.45, 7) is 6.49. The number of aromatic hydroxyl groups is 1. The van der Waals surface area contributed by atoms with E-state index in [4.69, 9.17) is 4.74 Å². The van der Waals surface area contributed by atoms with Crippen LogP contribution in [-0.4, -0.2) is 91.8 Å². The first-order valence-electron chi connectivity index (χ1n) is 16.3. The molecular formula is C35H39FN6O5S. The largest absolute Gasteiger partial charge is 0.506 e. The maximum absolute atomic E-state index is 14.7. The number of aliphatic hydroxyl groups is 1. The van der Waals surface area contributed by atoms with E-state index >= 15 is 0 Å². The first-order chi connectivity index (χ1) is 23.2. The summed E-state index contributed by atoms with van der Waals surface area (Å²) >= 11 is 0.952. The number of phenolic OH excluding ortho intramolecular Hbond substituents is 1. The highest BCUT2D eigenvalue weighted by molar-refractivity contribution is 7.16. The maximum atomic E-state index is 14.7. The molecule has 11 nitrogen and oxygen atoms in total. The summed E-state index contributed by atoms with van der Waals surface area (Å²) in [5.41, 5.74) is 4.49. The number of pyridine rings is 1. The van der Waals surface area contributed by atoms with Gasteiger partial charge in [-0.25, -0.2) is 9.37 Å². The smallest absolute Gasteiger partial charge is 0.305 e. The Kier molecular flexibility index (Phi) is 9.05. The van der Waals surface area contributed by atoms with E-state index in [1.54, 1.807) is 18.2 Å². The van der Waals surface area contributed by atoms with Crippen molar-refractivity contribution < 1.29 is 24.1 Å². The predicted octanol–water partition coefficient (Wildman–Crippen LogP) is 3.76. The molecule has 2 saturated heterocycles. The van der Waals surface area contributed by atoms with Gasteiger partial charge < -0.3 is 34.6 Å². The minimum absolute atomic E-state index is 0.0331. The van der Waals surface area contributed by atoms with E-state index in [1.807, 2.05) is 46.7 Å². The molecule has 1 atom stereocenters. The number of carbonyl (C=O) groups is 1. The van der Waals surface area contributed by atoms with Crippen molar-refractivity contribution in [2.75, 3.05) is 45.9 Å². The molecule has 3 aromatic heterocycles. The van der Waals surface area contributed by atoms with Gasteiger partial charge in [0.1, 0.15) is 28.4 Å². The monoisotopic (exact) mass is 674 g/mol. The number of likely N-dealkylation sites (tertiary alicyclic amines) is 1. The van der Waals surface area contributed by atoms with Crippen LogP contribution in [0.1, 0.15) is 51.8 Å². The van der Waals surface area contributed by atoms with Crippen LogP contribution >= 0.6 is 11.3 Å². The van der Waals surface area contributed by atoms with Crippen LogP contribution in [0.4, 0.5) is 4.39 Å². The fraction of sp³-hybridized carbons (Fsp3) is 0.400. The number of rotatable bonds is 9. The van der Waals surface area contributed by atoms with Crippen LogP contribution < -0.4 is 10.2 Å². The number of hydrogen-bond acceptors (Lipinski definition) is 9. The van der Waals surface area contributed by atoms with Crippen LogP contribution in [-0.2, 0) is 17.7 Å². The molecule has 13 heteroatoms. The van der Waals surface area contributed by atoms with Gasteiger partial charge in [-0.2, -0.15) is 0 Å². The van der Waals surface area contributed by atoms with E-state index in [-0.39, 0.29) is 28.9 Å². The number of thiazole rings is 1. The molecule has 2 aliphatic heterocycles. The third-order valence-corrected chi connectivity index (χ3v) is 10.4. The number of benzene rings is 2. The number of morpholine rings is 1. The number of aliphatic hydroxyl groups excluding tert-OH is 1. The molecule has 0 unspecified atom stereocenters. The van der Waals surface area contributed by atoms with E-state index in [0.29, 0.717) is 60.7 Å². The molecular weight excluding hydrogens is 635 g/mol. The molecule has 5 heterocycles. The first kappa shape index (κ1) is 32.4. The van der Waals surface area contributed by atoms with Crippen LogP contribution in [0.2, 0.25) is 0 Å². The number of imidazole rings is 1. The van der Waals surface area contributed by atoms with E-state index < -0.39 is 11.7 Å². The lowest BCUT2D eigenvalue weighted by atomic mass is 9.89.